The molecule has 0 aliphatic heterocycles. The van der Waals surface area contributed by atoms with Crippen molar-refractivity contribution >= 4 is 11.6 Å². The number of rotatable bonds is 2. The summed E-state index contributed by atoms with van der Waals surface area (Å²) in [6.07, 6.45) is 0. The molecule has 0 saturated carbocycles. The molecule has 1 heterocycles. The fourth-order valence-electron chi connectivity index (χ4n) is 2.03. The van der Waals surface area contributed by atoms with Gasteiger partial charge in [0.15, 0.2) is 5.69 Å². The zero-order valence-electron chi connectivity index (χ0n) is 10.5. The highest BCUT2D eigenvalue weighted by molar-refractivity contribution is 6.30. The molecule has 3 aromatic rings. The van der Waals surface area contributed by atoms with Gasteiger partial charge in [0.1, 0.15) is 6.07 Å². The molecule has 2 aromatic carbocycles. The number of benzene rings is 2. The summed E-state index contributed by atoms with van der Waals surface area (Å²) in [5.74, 6) is 0. The molecule has 1 aromatic heterocycles. The van der Waals surface area contributed by atoms with Crippen molar-refractivity contribution < 1.29 is 0 Å². The Balaban J connectivity index is 2.18. The molecule has 96 valence electrons. The molecular weight excluding hydrogens is 270 g/mol. The molecule has 0 aliphatic carbocycles. The van der Waals surface area contributed by atoms with Crippen LogP contribution in [0.3, 0.4) is 0 Å². The Labute approximate surface area is 121 Å². The number of hydrogen-bond acceptors (Lipinski definition) is 2. The van der Waals surface area contributed by atoms with Crippen molar-refractivity contribution in [2.45, 2.75) is 0 Å². The van der Waals surface area contributed by atoms with E-state index in [0.29, 0.717) is 10.7 Å². The van der Waals surface area contributed by atoms with Gasteiger partial charge in [-0.2, -0.15) is 10.4 Å². The van der Waals surface area contributed by atoms with Crippen LogP contribution < -0.4 is 0 Å². The van der Waals surface area contributed by atoms with Crippen LogP contribution in [0.15, 0.2) is 60.7 Å². The summed E-state index contributed by atoms with van der Waals surface area (Å²) < 4.78 is 1.77. The van der Waals surface area contributed by atoms with Gasteiger partial charge in [0.2, 0.25) is 0 Å². The van der Waals surface area contributed by atoms with Gasteiger partial charge in [0.05, 0.1) is 11.4 Å². The van der Waals surface area contributed by atoms with Crippen LogP contribution in [0.5, 0.6) is 0 Å². The van der Waals surface area contributed by atoms with E-state index in [-0.39, 0.29) is 0 Å². The third-order valence-corrected chi connectivity index (χ3v) is 3.22. The van der Waals surface area contributed by atoms with E-state index in [1.165, 1.54) is 0 Å². The van der Waals surface area contributed by atoms with Crippen LogP contribution in [0.1, 0.15) is 5.69 Å². The molecule has 0 spiro atoms. The van der Waals surface area contributed by atoms with Crippen LogP contribution >= 0.6 is 11.6 Å². The molecule has 0 aliphatic rings. The second kappa shape index (κ2) is 5.20. The quantitative estimate of drug-likeness (QED) is 0.710. The predicted molar refractivity (Wildman–Crippen MR) is 78.7 cm³/mol. The van der Waals surface area contributed by atoms with Crippen molar-refractivity contribution in [2.75, 3.05) is 0 Å². The lowest BCUT2D eigenvalue weighted by Gasteiger charge is -2.07. The van der Waals surface area contributed by atoms with E-state index in [4.69, 9.17) is 16.9 Å². The van der Waals surface area contributed by atoms with E-state index in [1.807, 2.05) is 54.6 Å². The Kier molecular flexibility index (Phi) is 3.24. The predicted octanol–water partition coefficient (Wildman–Crippen LogP) is 4.06. The molecule has 0 N–H and O–H groups in total. The van der Waals surface area contributed by atoms with Gasteiger partial charge < -0.3 is 0 Å². The lowest BCUT2D eigenvalue weighted by molar-refractivity contribution is 0.880. The maximum atomic E-state index is 9.07. The molecular formula is C16H10ClN3. The Morgan fingerprint density at radius 3 is 2.35 bits per heavy atom. The minimum Gasteiger partial charge on any atom is -0.232 e. The third-order valence-electron chi connectivity index (χ3n) is 2.96. The fourth-order valence-corrected chi connectivity index (χ4v) is 2.15. The Morgan fingerprint density at radius 1 is 1.00 bits per heavy atom. The molecule has 4 heteroatoms. The summed E-state index contributed by atoms with van der Waals surface area (Å²) in [7, 11) is 0. The second-order valence-electron chi connectivity index (χ2n) is 4.28. The van der Waals surface area contributed by atoms with E-state index < -0.39 is 0 Å². The summed E-state index contributed by atoms with van der Waals surface area (Å²) in [5, 5.41) is 14.1. The minimum absolute atomic E-state index is 0.388. The zero-order chi connectivity index (χ0) is 13.9. The average molecular weight is 280 g/mol. The van der Waals surface area contributed by atoms with Gasteiger partial charge >= 0.3 is 0 Å². The first kappa shape index (κ1) is 12.5. The molecule has 0 amide bonds. The first-order valence-electron chi connectivity index (χ1n) is 6.09. The van der Waals surface area contributed by atoms with Gasteiger partial charge in [-0.15, -0.1) is 0 Å². The summed E-state index contributed by atoms with van der Waals surface area (Å²) in [6, 6.07) is 21.1. The van der Waals surface area contributed by atoms with Gasteiger partial charge in [-0.3, -0.25) is 0 Å². The Bertz CT molecular complexity index is 768. The van der Waals surface area contributed by atoms with E-state index >= 15 is 0 Å². The third kappa shape index (κ3) is 2.29. The molecule has 0 fully saturated rings. The van der Waals surface area contributed by atoms with Crippen LogP contribution in [-0.4, -0.2) is 9.78 Å². The van der Waals surface area contributed by atoms with Crippen molar-refractivity contribution in [3.8, 4) is 23.0 Å². The van der Waals surface area contributed by atoms with Gasteiger partial charge in [0, 0.05) is 16.7 Å². The topological polar surface area (TPSA) is 41.6 Å². The van der Waals surface area contributed by atoms with Crippen LogP contribution in [0, 0.1) is 11.3 Å². The SMILES string of the molecule is N#Cc1cc(-c2ccc(Cl)cc2)n(-c2ccccc2)n1. The molecule has 0 unspecified atom stereocenters. The Hall–Kier alpha value is -2.57. The Morgan fingerprint density at radius 2 is 1.70 bits per heavy atom. The van der Waals surface area contributed by atoms with Gasteiger partial charge in [0.25, 0.3) is 0 Å². The van der Waals surface area contributed by atoms with E-state index in [9.17, 15) is 0 Å². The van der Waals surface area contributed by atoms with Gasteiger partial charge in [-0.05, 0) is 24.3 Å². The summed E-state index contributed by atoms with van der Waals surface area (Å²) in [6.45, 7) is 0. The van der Waals surface area contributed by atoms with Gasteiger partial charge in [-0.25, -0.2) is 4.68 Å². The molecule has 20 heavy (non-hydrogen) atoms. The summed E-state index contributed by atoms with van der Waals surface area (Å²) >= 11 is 5.91. The van der Waals surface area contributed by atoms with Gasteiger partial charge in [-0.1, -0.05) is 41.9 Å². The van der Waals surface area contributed by atoms with E-state index in [2.05, 4.69) is 11.2 Å². The van der Waals surface area contributed by atoms with Crippen LogP contribution in [0.4, 0.5) is 0 Å². The first-order chi connectivity index (χ1) is 9.78. The molecule has 0 saturated heterocycles. The molecule has 0 atom stereocenters. The monoisotopic (exact) mass is 279 g/mol. The molecule has 0 radical (unpaired) electrons. The van der Waals surface area contributed by atoms with Crippen molar-refractivity contribution in [1.82, 2.24) is 9.78 Å². The number of hydrogen-bond donors (Lipinski definition) is 0. The highest BCUT2D eigenvalue weighted by atomic mass is 35.5. The van der Waals surface area contributed by atoms with Crippen molar-refractivity contribution in [3.05, 3.63) is 71.4 Å². The van der Waals surface area contributed by atoms with Crippen molar-refractivity contribution in [1.29, 1.82) is 5.26 Å². The summed E-state index contributed by atoms with van der Waals surface area (Å²) in [5.41, 5.74) is 3.13. The molecule has 3 nitrogen and oxygen atoms in total. The van der Waals surface area contributed by atoms with Crippen LogP contribution in [0.2, 0.25) is 5.02 Å². The maximum absolute atomic E-state index is 9.07. The standard InChI is InChI=1S/C16H10ClN3/c17-13-8-6-12(7-9-13)16-10-14(11-18)19-20(16)15-4-2-1-3-5-15/h1-10H. The average Bonchev–Trinajstić information content (AvgIpc) is 2.93. The highest BCUT2D eigenvalue weighted by Gasteiger charge is 2.11. The number of halogens is 1. The molecule has 3 rings (SSSR count). The normalized spacial score (nSPS) is 10.2. The first-order valence-corrected chi connectivity index (χ1v) is 6.47. The smallest absolute Gasteiger partial charge is 0.163 e. The van der Waals surface area contributed by atoms with E-state index in [0.717, 1.165) is 16.9 Å². The zero-order valence-corrected chi connectivity index (χ0v) is 11.2. The lowest BCUT2D eigenvalue weighted by atomic mass is 10.1. The number of nitrogens with zero attached hydrogens (tertiary/aromatic N) is 3. The number of nitriles is 1. The van der Waals surface area contributed by atoms with E-state index in [1.54, 1.807) is 10.7 Å². The summed E-state index contributed by atoms with van der Waals surface area (Å²) in [4.78, 5) is 0. The van der Waals surface area contributed by atoms with Crippen LogP contribution in [-0.2, 0) is 0 Å². The fraction of sp³-hybridized carbons (Fsp3) is 0. The van der Waals surface area contributed by atoms with Crippen LogP contribution in [0.25, 0.3) is 16.9 Å². The van der Waals surface area contributed by atoms with Crippen molar-refractivity contribution in [3.63, 3.8) is 0 Å². The second-order valence-corrected chi connectivity index (χ2v) is 4.72. The number of para-hydroxylation sites is 1. The highest BCUT2D eigenvalue weighted by Crippen LogP contribution is 2.25. The van der Waals surface area contributed by atoms with Crippen molar-refractivity contribution in [2.24, 2.45) is 0 Å². The lowest BCUT2D eigenvalue weighted by Crippen LogP contribution is -1.98. The molecule has 0 bridgehead atoms. The largest absolute Gasteiger partial charge is 0.232 e. The number of aromatic nitrogens is 2. The maximum Gasteiger partial charge on any atom is 0.163 e. The minimum atomic E-state index is 0.388.